The van der Waals surface area contributed by atoms with Gasteiger partial charge in [-0.2, -0.15) is 0 Å². The number of anilines is 1. The first-order valence-corrected chi connectivity index (χ1v) is 6.20. The van der Waals surface area contributed by atoms with Crippen LogP contribution in [-0.4, -0.2) is 42.0 Å². The van der Waals surface area contributed by atoms with Gasteiger partial charge < -0.3 is 19.4 Å². The molecule has 0 bridgehead atoms. The van der Waals surface area contributed by atoms with Crippen molar-refractivity contribution in [3.63, 3.8) is 0 Å². The quantitative estimate of drug-likeness (QED) is 0.843. The van der Waals surface area contributed by atoms with Crippen molar-refractivity contribution in [3.8, 4) is 0 Å². The van der Waals surface area contributed by atoms with Crippen LogP contribution in [0.4, 0.5) is 5.95 Å². The zero-order valence-electron chi connectivity index (χ0n) is 10.6. The molecule has 0 radical (unpaired) electrons. The molecule has 2 rings (SSSR count). The maximum atomic E-state index is 5.57. The smallest absolute Gasteiger partial charge is 0.202 e. The number of hydrogen-bond donors (Lipinski definition) is 1. The maximum absolute atomic E-state index is 5.57. The molecule has 1 fully saturated rings. The Morgan fingerprint density at radius 2 is 2.41 bits per heavy atom. The van der Waals surface area contributed by atoms with Crippen molar-refractivity contribution in [2.24, 2.45) is 5.92 Å². The number of imidazole rings is 1. The first kappa shape index (κ1) is 12.4. The number of aromatic nitrogens is 2. The third-order valence-corrected chi connectivity index (χ3v) is 2.65. The topological polar surface area (TPSA) is 48.3 Å². The average Bonchev–Trinajstić information content (AvgIpc) is 2.74. The van der Waals surface area contributed by atoms with Crippen LogP contribution in [0.15, 0.2) is 12.4 Å². The van der Waals surface area contributed by atoms with Crippen molar-refractivity contribution in [2.75, 3.05) is 31.7 Å². The molecule has 0 saturated carbocycles. The number of ether oxygens (including phenoxy) is 2. The number of nitrogens with one attached hydrogen (secondary N) is 1. The van der Waals surface area contributed by atoms with Crippen LogP contribution in [0.2, 0.25) is 0 Å². The van der Waals surface area contributed by atoms with Crippen LogP contribution in [0.5, 0.6) is 0 Å². The molecule has 1 aliphatic rings. The summed E-state index contributed by atoms with van der Waals surface area (Å²) in [6, 6.07) is 0. The Labute approximate surface area is 102 Å². The van der Waals surface area contributed by atoms with Gasteiger partial charge in [-0.05, 0) is 5.92 Å². The van der Waals surface area contributed by atoms with E-state index in [0.29, 0.717) is 25.7 Å². The van der Waals surface area contributed by atoms with E-state index in [-0.39, 0.29) is 6.10 Å². The lowest BCUT2D eigenvalue weighted by Gasteiger charge is -2.23. The molecule has 0 aromatic carbocycles. The van der Waals surface area contributed by atoms with Crippen LogP contribution < -0.4 is 5.32 Å². The summed E-state index contributed by atoms with van der Waals surface area (Å²) < 4.78 is 13.1. The van der Waals surface area contributed by atoms with E-state index < -0.39 is 0 Å². The van der Waals surface area contributed by atoms with E-state index in [1.54, 1.807) is 0 Å². The molecule has 1 aliphatic heterocycles. The van der Waals surface area contributed by atoms with Gasteiger partial charge in [0.2, 0.25) is 5.95 Å². The molecule has 1 unspecified atom stereocenters. The van der Waals surface area contributed by atoms with Crippen molar-refractivity contribution < 1.29 is 9.47 Å². The Balaban J connectivity index is 1.83. The van der Waals surface area contributed by atoms with E-state index >= 15 is 0 Å². The van der Waals surface area contributed by atoms with Gasteiger partial charge in [-0.25, -0.2) is 4.98 Å². The third kappa shape index (κ3) is 3.71. The van der Waals surface area contributed by atoms with Crippen LogP contribution in [0.3, 0.4) is 0 Å². The van der Waals surface area contributed by atoms with Gasteiger partial charge in [-0.15, -0.1) is 0 Å². The van der Waals surface area contributed by atoms with Gasteiger partial charge in [0.15, 0.2) is 0 Å². The van der Waals surface area contributed by atoms with Crippen molar-refractivity contribution >= 4 is 5.95 Å². The van der Waals surface area contributed by atoms with Gasteiger partial charge >= 0.3 is 0 Å². The number of hydrogen-bond acceptors (Lipinski definition) is 4. The molecular weight excluding hydrogens is 218 g/mol. The molecule has 0 aliphatic carbocycles. The minimum absolute atomic E-state index is 0.132. The van der Waals surface area contributed by atoms with E-state index in [2.05, 4.69) is 28.7 Å². The van der Waals surface area contributed by atoms with Crippen LogP contribution in [0.1, 0.15) is 13.8 Å². The molecule has 2 heterocycles. The monoisotopic (exact) mass is 239 g/mol. The second kappa shape index (κ2) is 6.02. The lowest BCUT2D eigenvalue weighted by atomic mass is 10.2. The normalized spacial score (nSPS) is 20.8. The average molecular weight is 239 g/mol. The van der Waals surface area contributed by atoms with Crippen LogP contribution in [0.25, 0.3) is 0 Å². The van der Waals surface area contributed by atoms with Gasteiger partial charge in [0, 0.05) is 25.5 Å². The second-order valence-corrected chi connectivity index (χ2v) is 4.75. The molecule has 1 N–H and O–H groups in total. The highest BCUT2D eigenvalue weighted by Gasteiger charge is 2.14. The van der Waals surface area contributed by atoms with Gasteiger partial charge in [0.25, 0.3) is 0 Å². The SMILES string of the molecule is CC(C)Cn1ccnc1NCC1COCCO1. The largest absolute Gasteiger partial charge is 0.376 e. The second-order valence-electron chi connectivity index (χ2n) is 4.75. The highest BCUT2D eigenvalue weighted by atomic mass is 16.6. The first-order valence-electron chi connectivity index (χ1n) is 6.20. The summed E-state index contributed by atoms with van der Waals surface area (Å²) in [6.45, 7) is 8.17. The zero-order chi connectivity index (χ0) is 12.1. The summed E-state index contributed by atoms with van der Waals surface area (Å²) in [5.41, 5.74) is 0. The van der Waals surface area contributed by atoms with E-state index in [9.17, 15) is 0 Å². The first-order chi connectivity index (χ1) is 8.25. The zero-order valence-corrected chi connectivity index (χ0v) is 10.6. The summed E-state index contributed by atoms with van der Waals surface area (Å²) in [4.78, 5) is 4.31. The fourth-order valence-electron chi connectivity index (χ4n) is 1.88. The van der Waals surface area contributed by atoms with E-state index in [4.69, 9.17) is 9.47 Å². The van der Waals surface area contributed by atoms with E-state index in [1.165, 1.54) is 0 Å². The van der Waals surface area contributed by atoms with Gasteiger partial charge in [0.1, 0.15) is 0 Å². The lowest BCUT2D eigenvalue weighted by Crippen LogP contribution is -2.34. The Kier molecular flexibility index (Phi) is 4.39. The van der Waals surface area contributed by atoms with Crippen molar-refractivity contribution in [3.05, 3.63) is 12.4 Å². The molecule has 1 atom stereocenters. The van der Waals surface area contributed by atoms with Crippen molar-refractivity contribution in [2.45, 2.75) is 26.5 Å². The highest BCUT2D eigenvalue weighted by Crippen LogP contribution is 2.09. The summed E-state index contributed by atoms with van der Waals surface area (Å²) in [5, 5.41) is 3.32. The molecule has 5 heteroatoms. The van der Waals surface area contributed by atoms with Gasteiger partial charge in [-0.1, -0.05) is 13.8 Å². The predicted octanol–water partition coefficient (Wildman–Crippen LogP) is 1.37. The van der Waals surface area contributed by atoms with Crippen molar-refractivity contribution in [1.82, 2.24) is 9.55 Å². The molecular formula is C12H21N3O2. The summed E-state index contributed by atoms with van der Waals surface area (Å²) in [7, 11) is 0. The Morgan fingerprint density at radius 1 is 1.53 bits per heavy atom. The van der Waals surface area contributed by atoms with E-state index in [0.717, 1.165) is 19.0 Å². The molecule has 0 amide bonds. The summed E-state index contributed by atoms with van der Waals surface area (Å²) >= 11 is 0. The predicted molar refractivity (Wildman–Crippen MR) is 66.1 cm³/mol. The lowest BCUT2D eigenvalue weighted by molar-refractivity contribution is -0.0819. The minimum atomic E-state index is 0.132. The molecule has 0 spiro atoms. The fraction of sp³-hybridized carbons (Fsp3) is 0.750. The molecule has 17 heavy (non-hydrogen) atoms. The highest BCUT2D eigenvalue weighted by molar-refractivity contribution is 5.26. The van der Waals surface area contributed by atoms with Crippen LogP contribution in [-0.2, 0) is 16.0 Å². The van der Waals surface area contributed by atoms with Crippen molar-refractivity contribution in [1.29, 1.82) is 0 Å². The van der Waals surface area contributed by atoms with Crippen LogP contribution >= 0.6 is 0 Å². The standard InChI is InChI=1S/C12H21N3O2/c1-10(2)8-15-4-3-13-12(15)14-7-11-9-16-5-6-17-11/h3-4,10-11H,5-9H2,1-2H3,(H,13,14). The maximum Gasteiger partial charge on any atom is 0.202 e. The number of nitrogens with zero attached hydrogens (tertiary/aromatic N) is 2. The Hall–Kier alpha value is -1.07. The molecule has 1 aromatic rings. The van der Waals surface area contributed by atoms with E-state index in [1.807, 2.05) is 12.4 Å². The Bertz CT molecular complexity index is 332. The van der Waals surface area contributed by atoms with Gasteiger partial charge in [0.05, 0.1) is 25.9 Å². The minimum Gasteiger partial charge on any atom is -0.376 e. The molecule has 96 valence electrons. The summed E-state index contributed by atoms with van der Waals surface area (Å²) in [6.07, 6.45) is 3.96. The van der Waals surface area contributed by atoms with Crippen LogP contribution in [0, 0.1) is 5.92 Å². The molecule has 5 nitrogen and oxygen atoms in total. The molecule has 1 aromatic heterocycles. The third-order valence-electron chi connectivity index (χ3n) is 2.65. The Morgan fingerprint density at radius 3 is 3.12 bits per heavy atom. The number of rotatable bonds is 5. The summed E-state index contributed by atoms with van der Waals surface area (Å²) in [5.74, 6) is 1.52. The van der Waals surface area contributed by atoms with Gasteiger partial charge in [-0.3, -0.25) is 0 Å². The molecule has 1 saturated heterocycles. The fourth-order valence-corrected chi connectivity index (χ4v) is 1.88.